The SMILES string of the molecule is CC(CN1CCNC(C)(C)C1=O)=Nc1cc(C(F)(F)F)c(C(F)(F)F)cc1NCC(C)(C)O. The van der Waals surface area contributed by atoms with Gasteiger partial charge in [0, 0.05) is 25.3 Å². The lowest BCUT2D eigenvalue weighted by Crippen LogP contribution is -2.61. The Kier molecular flexibility index (Phi) is 7.44. The van der Waals surface area contributed by atoms with Gasteiger partial charge in [0.15, 0.2) is 0 Å². The van der Waals surface area contributed by atoms with Gasteiger partial charge >= 0.3 is 12.4 Å². The van der Waals surface area contributed by atoms with E-state index in [1.165, 1.54) is 25.7 Å². The number of rotatable bonds is 6. The van der Waals surface area contributed by atoms with Crippen LogP contribution < -0.4 is 10.6 Å². The minimum atomic E-state index is -5.27. The molecule has 2 rings (SSSR count). The molecule has 0 spiro atoms. The molecule has 1 amide bonds. The normalized spacial score (nSPS) is 18.0. The molecule has 12 heteroatoms. The highest BCUT2D eigenvalue weighted by atomic mass is 19.4. The van der Waals surface area contributed by atoms with Gasteiger partial charge in [-0.15, -0.1) is 0 Å². The molecule has 3 N–H and O–H groups in total. The predicted molar refractivity (Wildman–Crippen MR) is 113 cm³/mol. The Labute approximate surface area is 188 Å². The molecule has 1 heterocycles. The molecular formula is C21H28F6N4O2. The number of alkyl halides is 6. The molecule has 0 saturated carbocycles. The summed E-state index contributed by atoms with van der Waals surface area (Å²) in [6.07, 6.45) is -10.5. The number of nitrogens with zero attached hydrogens (tertiary/aromatic N) is 2. The molecular weight excluding hydrogens is 454 g/mol. The van der Waals surface area contributed by atoms with Crippen LogP contribution in [0.2, 0.25) is 0 Å². The van der Waals surface area contributed by atoms with Crippen LogP contribution in [0.5, 0.6) is 0 Å². The lowest BCUT2D eigenvalue weighted by atomic mass is 10.0. The van der Waals surface area contributed by atoms with Gasteiger partial charge in [-0.2, -0.15) is 26.3 Å². The maximum absolute atomic E-state index is 13.4. The molecule has 1 fully saturated rings. The van der Waals surface area contributed by atoms with Crippen molar-refractivity contribution in [1.82, 2.24) is 10.2 Å². The first-order chi connectivity index (χ1) is 14.8. The molecule has 1 aromatic rings. The highest BCUT2D eigenvalue weighted by molar-refractivity contribution is 5.94. The summed E-state index contributed by atoms with van der Waals surface area (Å²) in [5.74, 6) is -0.230. The highest BCUT2D eigenvalue weighted by Crippen LogP contribution is 2.44. The summed E-state index contributed by atoms with van der Waals surface area (Å²) < 4.78 is 80.5. The minimum absolute atomic E-state index is 0.00273. The van der Waals surface area contributed by atoms with E-state index < -0.39 is 34.6 Å². The number of benzene rings is 1. The maximum atomic E-state index is 13.4. The Hall–Kier alpha value is -2.34. The number of aliphatic hydroxyl groups is 1. The summed E-state index contributed by atoms with van der Waals surface area (Å²) in [6.45, 7) is 8.26. The van der Waals surface area contributed by atoms with Crippen molar-refractivity contribution in [1.29, 1.82) is 0 Å². The van der Waals surface area contributed by atoms with Crippen molar-refractivity contribution in [2.24, 2.45) is 4.99 Å². The van der Waals surface area contributed by atoms with Crippen LogP contribution in [0.15, 0.2) is 17.1 Å². The summed E-state index contributed by atoms with van der Waals surface area (Å²) in [5, 5.41) is 15.5. The second kappa shape index (κ2) is 9.13. The summed E-state index contributed by atoms with van der Waals surface area (Å²) in [4.78, 5) is 18.2. The molecule has 0 atom stereocenters. The Morgan fingerprint density at radius 3 is 2.21 bits per heavy atom. The van der Waals surface area contributed by atoms with Crippen LogP contribution in [0.25, 0.3) is 0 Å². The molecule has 186 valence electrons. The largest absolute Gasteiger partial charge is 0.417 e. The first kappa shape index (κ1) is 26.9. The van der Waals surface area contributed by atoms with Gasteiger partial charge in [0.2, 0.25) is 5.91 Å². The Morgan fingerprint density at radius 1 is 1.15 bits per heavy atom. The molecule has 33 heavy (non-hydrogen) atoms. The van der Waals surface area contributed by atoms with Crippen molar-refractivity contribution in [3.8, 4) is 0 Å². The van der Waals surface area contributed by atoms with E-state index in [9.17, 15) is 36.2 Å². The number of amides is 1. The van der Waals surface area contributed by atoms with Crippen molar-refractivity contribution >= 4 is 23.0 Å². The second-order valence-corrected chi connectivity index (χ2v) is 9.20. The fourth-order valence-electron chi connectivity index (χ4n) is 3.35. The highest BCUT2D eigenvalue weighted by Gasteiger charge is 2.44. The van der Waals surface area contributed by atoms with Gasteiger partial charge < -0.3 is 20.6 Å². The number of anilines is 1. The zero-order valence-corrected chi connectivity index (χ0v) is 19.0. The third-order valence-electron chi connectivity index (χ3n) is 4.96. The van der Waals surface area contributed by atoms with E-state index in [1.54, 1.807) is 13.8 Å². The molecule has 1 aliphatic heterocycles. The Morgan fingerprint density at radius 2 is 1.70 bits per heavy atom. The molecule has 0 aromatic heterocycles. The number of piperazine rings is 1. The van der Waals surface area contributed by atoms with E-state index >= 15 is 0 Å². The van der Waals surface area contributed by atoms with Crippen molar-refractivity contribution < 1.29 is 36.2 Å². The fourth-order valence-corrected chi connectivity index (χ4v) is 3.35. The molecule has 0 radical (unpaired) electrons. The van der Waals surface area contributed by atoms with Gasteiger partial charge in [-0.05, 0) is 46.8 Å². The molecule has 1 aliphatic rings. The van der Waals surface area contributed by atoms with Gasteiger partial charge in [0.25, 0.3) is 0 Å². The zero-order valence-electron chi connectivity index (χ0n) is 19.0. The van der Waals surface area contributed by atoms with E-state index in [-0.39, 0.29) is 36.1 Å². The first-order valence-electron chi connectivity index (χ1n) is 10.2. The smallest absolute Gasteiger partial charge is 0.389 e. The second-order valence-electron chi connectivity index (χ2n) is 9.20. The van der Waals surface area contributed by atoms with E-state index in [0.29, 0.717) is 25.2 Å². The minimum Gasteiger partial charge on any atom is -0.389 e. The molecule has 0 bridgehead atoms. The van der Waals surface area contributed by atoms with E-state index in [0.717, 1.165) is 0 Å². The summed E-state index contributed by atoms with van der Waals surface area (Å²) in [6, 6.07) is 0.683. The molecule has 1 saturated heterocycles. The lowest BCUT2D eigenvalue weighted by molar-refractivity contribution is -0.162. The van der Waals surface area contributed by atoms with E-state index in [1.807, 2.05) is 0 Å². The number of carbonyl (C=O) groups excluding carboxylic acids is 1. The maximum Gasteiger partial charge on any atom is 0.417 e. The predicted octanol–water partition coefficient (Wildman–Crippen LogP) is 4.21. The third-order valence-corrected chi connectivity index (χ3v) is 4.96. The van der Waals surface area contributed by atoms with Crippen LogP contribution in [0.4, 0.5) is 37.7 Å². The van der Waals surface area contributed by atoms with Crippen molar-refractivity contribution in [3.05, 3.63) is 23.3 Å². The van der Waals surface area contributed by atoms with Crippen molar-refractivity contribution in [3.63, 3.8) is 0 Å². The van der Waals surface area contributed by atoms with Crippen LogP contribution >= 0.6 is 0 Å². The fraction of sp³-hybridized carbons (Fsp3) is 0.619. The van der Waals surface area contributed by atoms with Crippen molar-refractivity contribution in [2.45, 2.75) is 58.1 Å². The van der Waals surface area contributed by atoms with Crippen LogP contribution in [-0.4, -0.2) is 58.9 Å². The quantitative estimate of drug-likeness (QED) is 0.420. The van der Waals surface area contributed by atoms with Gasteiger partial charge in [-0.1, -0.05) is 0 Å². The lowest BCUT2D eigenvalue weighted by Gasteiger charge is -2.38. The molecule has 6 nitrogen and oxygen atoms in total. The first-order valence-corrected chi connectivity index (χ1v) is 10.2. The van der Waals surface area contributed by atoms with Gasteiger partial charge in [0.05, 0.1) is 40.2 Å². The number of nitrogens with one attached hydrogen (secondary N) is 2. The molecule has 1 aromatic carbocycles. The summed E-state index contributed by atoms with van der Waals surface area (Å²) in [7, 11) is 0. The molecule has 0 unspecified atom stereocenters. The number of carbonyl (C=O) groups is 1. The van der Waals surface area contributed by atoms with Crippen LogP contribution in [0.1, 0.15) is 45.7 Å². The molecule has 0 aliphatic carbocycles. The van der Waals surface area contributed by atoms with Crippen LogP contribution in [0, 0.1) is 0 Å². The van der Waals surface area contributed by atoms with E-state index in [2.05, 4.69) is 15.6 Å². The number of aliphatic imine (C=N–C) groups is 1. The van der Waals surface area contributed by atoms with Gasteiger partial charge in [-0.25, -0.2) is 0 Å². The van der Waals surface area contributed by atoms with Crippen molar-refractivity contribution in [2.75, 3.05) is 31.5 Å². The average Bonchev–Trinajstić information content (AvgIpc) is 2.61. The van der Waals surface area contributed by atoms with Crippen LogP contribution in [0.3, 0.4) is 0 Å². The van der Waals surface area contributed by atoms with Gasteiger partial charge in [-0.3, -0.25) is 9.79 Å². The van der Waals surface area contributed by atoms with E-state index in [4.69, 9.17) is 0 Å². The Balaban J connectivity index is 2.52. The zero-order chi connectivity index (χ0) is 25.4. The monoisotopic (exact) mass is 482 g/mol. The summed E-state index contributed by atoms with van der Waals surface area (Å²) >= 11 is 0. The number of hydrogen-bond acceptors (Lipinski definition) is 5. The van der Waals surface area contributed by atoms with Crippen LogP contribution in [-0.2, 0) is 17.1 Å². The van der Waals surface area contributed by atoms with Gasteiger partial charge in [0.1, 0.15) is 0 Å². The standard InChI is InChI=1S/C21H28F6N4O2/c1-12(10-31-7-6-29-19(4,5)17(31)32)30-16-9-14(21(25,26)27)13(20(22,23)24)8-15(16)28-11-18(2,3)33/h8-9,28-29,33H,6-7,10-11H2,1-5H3. The Bertz CT molecular complexity index is 917. The topological polar surface area (TPSA) is 77.0 Å². The average molecular weight is 482 g/mol. The number of hydrogen-bond donors (Lipinski definition) is 3. The third kappa shape index (κ3) is 7.07. The summed E-state index contributed by atoms with van der Waals surface area (Å²) in [5.41, 5.74) is -6.35. The number of halogens is 6.